The maximum Gasteiger partial charge on any atom is 0.243 e. The molecule has 5 heteroatoms. The van der Waals surface area contributed by atoms with Crippen molar-refractivity contribution in [3.05, 3.63) is 54.6 Å². The van der Waals surface area contributed by atoms with Gasteiger partial charge in [-0.1, -0.05) is 18.2 Å². The summed E-state index contributed by atoms with van der Waals surface area (Å²) in [5.74, 6) is 0.731. The molecule has 0 bridgehead atoms. The number of likely N-dealkylation sites (N-methyl/N-ethyl adjacent to an activating group) is 1. The lowest BCUT2D eigenvalue weighted by molar-refractivity contribution is -0.114. The van der Waals surface area contributed by atoms with E-state index in [1.807, 2.05) is 66.5 Å². The molecule has 1 N–H and O–H groups in total. The molecule has 1 unspecified atom stereocenters. The largest absolute Gasteiger partial charge is 0.491 e. The summed E-state index contributed by atoms with van der Waals surface area (Å²) in [6.45, 7) is 1.70. The van der Waals surface area contributed by atoms with Crippen LogP contribution in [0.15, 0.2) is 54.6 Å². The summed E-state index contributed by atoms with van der Waals surface area (Å²) in [6.07, 6.45) is 2.37. The Morgan fingerprint density at radius 2 is 1.96 bits per heavy atom. The predicted molar refractivity (Wildman–Crippen MR) is 99.3 cm³/mol. The van der Waals surface area contributed by atoms with E-state index in [9.17, 15) is 4.79 Å². The van der Waals surface area contributed by atoms with Crippen LogP contribution in [-0.2, 0) is 9.53 Å². The van der Waals surface area contributed by atoms with Crippen molar-refractivity contribution in [1.29, 1.82) is 0 Å². The summed E-state index contributed by atoms with van der Waals surface area (Å²) in [6, 6.07) is 17.3. The van der Waals surface area contributed by atoms with Gasteiger partial charge in [-0.2, -0.15) is 0 Å². The molecule has 1 heterocycles. The van der Waals surface area contributed by atoms with Crippen molar-refractivity contribution in [2.45, 2.75) is 18.9 Å². The molecular weight excluding hydrogens is 316 g/mol. The standard InChI is InChI=1S/C20H24N2O3/c1-22(17-6-3-2-4-7-17)14-20(23)21-16-9-11-18(12-10-16)25-15-19-8-5-13-24-19/h2-4,6-7,9-12,19H,5,8,13-15H2,1H3,(H,21,23). The van der Waals surface area contributed by atoms with Crippen molar-refractivity contribution < 1.29 is 14.3 Å². The Kier molecular flexibility index (Phi) is 5.90. The molecule has 2 aromatic carbocycles. The van der Waals surface area contributed by atoms with E-state index in [1.54, 1.807) is 0 Å². The van der Waals surface area contributed by atoms with E-state index in [1.165, 1.54) is 0 Å². The van der Waals surface area contributed by atoms with Gasteiger partial charge in [0.2, 0.25) is 5.91 Å². The van der Waals surface area contributed by atoms with Crippen molar-refractivity contribution in [3.8, 4) is 5.75 Å². The zero-order valence-electron chi connectivity index (χ0n) is 14.5. The monoisotopic (exact) mass is 340 g/mol. The number of hydrogen-bond donors (Lipinski definition) is 1. The van der Waals surface area contributed by atoms with Crippen LogP contribution in [0.2, 0.25) is 0 Å². The highest BCUT2D eigenvalue weighted by Gasteiger charge is 2.16. The average molecular weight is 340 g/mol. The number of para-hydroxylation sites is 1. The molecule has 1 aliphatic heterocycles. The summed E-state index contributed by atoms with van der Waals surface area (Å²) < 4.78 is 11.3. The number of carbonyl (C=O) groups is 1. The topological polar surface area (TPSA) is 50.8 Å². The van der Waals surface area contributed by atoms with Crippen molar-refractivity contribution >= 4 is 17.3 Å². The number of nitrogens with one attached hydrogen (secondary N) is 1. The highest BCUT2D eigenvalue weighted by molar-refractivity contribution is 5.94. The van der Waals surface area contributed by atoms with Crippen LogP contribution in [0.1, 0.15) is 12.8 Å². The Hall–Kier alpha value is -2.53. The van der Waals surface area contributed by atoms with Gasteiger partial charge in [0.25, 0.3) is 0 Å². The fourth-order valence-corrected chi connectivity index (χ4v) is 2.79. The number of carbonyl (C=O) groups excluding carboxylic acids is 1. The molecular formula is C20H24N2O3. The predicted octanol–water partition coefficient (Wildman–Crippen LogP) is 3.32. The highest BCUT2D eigenvalue weighted by Crippen LogP contribution is 2.18. The number of ether oxygens (including phenoxy) is 2. The van der Waals surface area contributed by atoms with Crippen LogP contribution in [0.3, 0.4) is 0 Å². The summed E-state index contributed by atoms with van der Waals surface area (Å²) in [4.78, 5) is 14.1. The van der Waals surface area contributed by atoms with Gasteiger partial charge < -0.3 is 19.7 Å². The van der Waals surface area contributed by atoms with Crippen LogP contribution in [-0.4, -0.2) is 38.8 Å². The number of amides is 1. The normalized spacial score (nSPS) is 16.4. The van der Waals surface area contributed by atoms with Gasteiger partial charge in [0.1, 0.15) is 12.4 Å². The smallest absolute Gasteiger partial charge is 0.243 e. The Bertz CT molecular complexity index is 667. The van der Waals surface area contributed by atoms with Gasteiger partial charge >= 0.3 is 0 Å². The number of nitrogens with zero attached hydrogens (tertiary/aromatic N) is 1. The lowest BCUT2D eigenvalue weighted by Gasteiger charge is -2.18. The summed E-state index contributed by atoms with van der Waals surface area (Å²) in [5, 5.41) is 2.91. The van der Waals surface area contributed by atoms with E-state index in [-0.39, 0.29) is 12.0 Å². The SMILES string of the molecule is CN(CC(=O)Nc1ccc(OCC2CCCO2)cc1)c1ccccc1. The molecule has 25 heavy (non-hydrogen) atoms. The Balaban J connectivity index is 1.46. The molecule has 1 fully saturated rings. The van der Waals surface area contributed by atoms with E-state index in [4.69, 9.17) is 9.47 Å². The molecule has 2 aromatic rings. The van der Waals surface area contributed by atoms with E-state index in [0.29, 0.717) is 13.2 Å². The molecule has 1 saturated heterocycles. The van der Waals surface area contributed by atoms with Gasteiger partial charge in [0.05, 0.1) is 12.6 Å². The molecule has 0 aromatic heterocycles. The van der Waals surface area contributed by atoms with E-state index >= 15 is 0 Å². The first-order valence-corrected chi connectivity index (χ1v) is 8.61. The molecule has 132 valence electrons. The van der Waals surface area contributed by atoms with Gasteiger partial charge in [-0.3, -0.25) is 4.79 Å². The maximum atomic E-state index is 12.2. The quantitative estimate of drug-likeness (QED) is 0.840. The lowest BCUT2D eigenvalue weighted by Crippen LogP contribution is -2.29. The van der Waals surface area contributed by atoms with E-state index in [2.05, 4.69) is 5.32 Å². The lowest BCUT2D eigenvalue weighted by atomic mass is 10.2. The van der Waals surface area contributed by atoms with Crippen molar-refractivity contribution in [2.75, 3.05) is 37.0 Å². The maximum absolute atomic E-state index is 12.2. The number of hydrogen-bond acceptors (Lipinski definition) is 4. The van der Waals surface area contributed by atoms with Gasteiger partial charge in [-0.05, 0) is 49.2 Å². The minimum absolute atomic E-state index is 0.0561. The van der Waals surface area contributed by atoms with Gasteiger partial charge in [-0.15, -0.1) is 0 Å². The van der Waals surface area contributed by atoms with E-state index in [0.717, 1.165) is 36.6 Å². The zero-order valence-corrected chi connectivity index (χ0v) is 14.5. The number of rotatable bonds is 7. The third-order valence-electron chi connectivity index (χ3n) is 4.18. The second-order valence-corrected chi connectivity index (χ2v) is 6.21. The van der Waals surface area contributed by atoms with Crippen molar-refractivity contribution in [2.24, 2.45) is 0 Å². The molecule has 1 aliphatic rings. The second kappa shape index (κ2) is 8.53. The Morgan fingerprint density at radius 3 is 2.64 bits per heavy atom. The van der Waals surface area contributed by atoms with E-state index < -0.39 is 0 Å². The van der Waals surface area contributed by atoms with Crippen LogP contribution in [0.4, 0.5) is 11.4 Å². The first-order valence-electron chi connectivity index (χ1n) is 8.61. The summed E-state index contributed by atoms with van der Waals surface area (Å²) >= 11 is 0. The van der Waals surface area contributed by atoms with Crippen molar-refractivity contribution in [3.63, 3.8) is 0 Å². The first-order chi connectivity index (χ1) is 12.2. The van der Waals surface area contributed by atoms with Gasteiger partial charge in [0, 0.05) is 25.0 Å². The second-order valence-electron chi connectivity index (χ2n) is 6.21. The number of anilines is 2. The Labute approximate surface area is 148 Å². The van der Waals surface area contributed by atoms with Crippen LogP contribution in [0.5, 0.6) is 5.75 Å². The van der Waals surface area contributed by atoms with Crippen LogP contribution in [0, 0.1) is 0 Å². The minimum atomic E-state index is -0.0561. The molecule has 1 atom stereocenters. The third kappa shape index (κ3) is 5.22. The first kappa shape index (κ1) is 17.3. The van der Waals surface area contributed by atoms with Crippen LogP contribution >= 0.6 is 0 Å². The molecule has 5 nitrogen and oxygen atoms in total. The molecule has 1 amide bonds. The molecule has 0 aliphatic carbocycles. The van der Waals surface area contributed by atoms with Crippen molar-refractivity contribution in [1.82, 2.24) is 0 Å². The minimum Gasteiger partial charge on any atom is -0.491 e. The fraction of sp³-hybridized carbons (Fsp3) is 0.350. The molecule has 0 saturated carbocycles. The zero-order chi connectivity index (χ0) is 17.5. The number of benzene rings is 2. The molecule has 0 radical (unpaired) electrons. The highest BCUT2D eigenvalue weighted by atomic mass is 16.5. The van der Waals surface area contributed by atoms with Gasteiger partial charge in [-0.25, -0.2) is 0 Å². The third-order valence-corrected chi connectivity index (χ3v) is 4.18. The Morgan fingerprint density at radius 1 is 1.20 bits per heavy atom. The van der Waals surface area contributed by atoms with Crippen LogP contribution < -0.4 is 15.0 Å². The summed E-state index contributed by atoms with van der Waals surface area (Å²) in [5.41, 5.74) is 1.77. The van der Waals surface area contributed by atoms with Gasteiger partial charge in [0.15, 0.2) is 0 Å². The fourth-order valence-electron chi connectivity index (χ4n) is 2.79. The summed E-state index contributed by atoms with van der Waals surface area (Å²) in [7, 11) is 1.90. The average Bonchev–Trinajstić information content (AvgIpc) is 3.15. The molecule has 3 rings (SSSR count). The molecule has 0 spiro atoms. The van der Waals surface area contributed by atoms with Crippen LogP contribution in [0.25, 0.3) is 0 Å².